The van der Waals surface area contributed by atoms with E-state index in [9.17, 15) is 4.79 Å². The van der Waals surface area contributed by atoms with Crippen LogP contribution >= 0.6 is 11.6 Å². The maximum absolute atomic E-state index is 11.2. The van der Waals surface area contributed by atoms with Gasteiger partial charge in [0, 0.05) is 5.39 Å². The Kier molecular flexibility index (Phi) is 2.40. The highest BCUT2D eigenvalue weighted by atomic mass is 35.5. The summed E-state index contributed by atoms with van der Waals surface area (Å²) in [6.45, 7) is 1.71. The van der Waals surface area contributed by atoms with Crippen molar-refractivity contribution in [3.8, 4) is 5.75 Å². The molecule has 0 saturated carbocycles. The first kappa shape index (κ1) is 10.1. The van der Waals surface area contributed by atoms with Crippen molar-refractivity contribution in [2.75, 3.05) is 7.11 Å². The van der Waals surface area contributed by atoms with E-state index in [0.717, 1.165) is 0 Å². The zero-order chi connectivity index (χ0) is 11.0. The second-order valence-corrected chi connectivity index (χ2v) is 3.51. The summed E-state index contributed by atoms with van der Waals surface area (Å²) in [6.07, 6.45) is 0. The molecule has 2 aromatic rings. The average molecular weight is 225 g/mol. The van der Waals surface area contributed by atoms with E-state index in [0.29, 0.717) is 28.0 Å². The van der Waals surface area contributed by atoms with E-state index in [1.54, 1.807) is 32.2 Å². The van der Waals surface area contributed by atoms with Gasteiger partial charge in [-0.05, 0) is 36.7 Å². The number of halogens is 1. The van der Waals surface area contributed by atoms with Gasteiger partial charge in [0.15, 0.2) is 0 Å². The first-order valence-electron chi connectivity index (χ1n) is 4.40. The topological polar surface area (TPSA) is 39.4 Å². The van der Waals surface area contributed by atoms with E-state index >= 15 is 0 Å². The van der Waals surface area contributed by atoms with Crippen LogP contribution in [0, 0.1) is 6.92 Å². The molecule has 0 saturated heterocycles. The van der Waals surface area contributed by atoms with Gasteiger partial charge < -0.3 is 9.15 Å². The van der Waals surface area contributed by atoms with Crippen LogP contribution in [0.4, 0.5) is 0 Å². The standard InChI is InChI=1S/C11H9ClO3/c1-6-10(11(12)13)8-5-7(14-2)3-4-9(8)15-6/h3-5H,1-2H3. The third kappa shape index (κ3) is 1.59. The number of ether oxygens (including phenoxy) is 1. The number of carbonyl (C=O) groups is 1. The summed E-state index contributed by atoms with van der Waals surface area (Å²) in [7, 11) is 1.57. The molecule has 0 aliphatic rings. The molecule has 3 nitrogen and oxygen atoms in total. The zero-order valence-corrected chi connectivity index (χ0v) is 9.09. The highest BCUT2D eigenvalue weighted by molar-refractivity contribution is 6.68. The van der Waals surface area contributed by atoms with E-state index in [4.69, 9.17) is 20.8 Å². The van der Waals surface area contributed by atoms with Crippen LogP contribution in [0.15, 0.2) is 22.6 Å². The van der Waals surface area contributed by atoms with Crippen molar-refractivity contribution in [3.05, 3.63) is 29.5 Å². The molecular formula is C11H9ClO3. The normalized spacial score (nSPS) is 10.6. The molecule has 4 heteroatoms. The van der Waals surface area contributed by atoms with Crippen LogP contribution in [0.2, 0.25) is 0 Å². The molecule has 0 unspecified atom stereocenters. The highest BCUT2D eigenvalue weighted by Gasteiger charge is 2.16. The number of hydrogen-bond acceptors (Lipinski definition) is 3. The van der Waals surface area contributed by atoms with E-state index in [2.05, 4.69) is 0 Å². The number of methoxy groups -OCH3 is 1. The summed E-state index contributed by atoms with van der Waals surface area (Å²) >= 11 is 5.48. The Morgan fingerprint density at radius 2 is 2.20 bits per heavy atom. The number of furan rings is 1. The van der Waals surface area contributed by atoms with Gasteiger partial charge in [0.05, 0.1) is 12.7 Å². The maximum Gasteiger partial charge on any atom is 0.256 e. The number of hydrogen-bond donors (Lipinski definition) is 0. The molecule has 0 atom stereocenters. The van der Waals surface area contributed by atoms with E-state index in [-0.39, 0.29) is 0 Å². The van der Waals surface area contributed by atoms with Gasteiger partial charge in [-0.15, -0.1) is 0 Å². The molecule has 0 fully saturated rings. The van der Waals surface area contributed by atoms with E-state index in [1.807, 2.05) is 0 Å². The number of carbonyl (C=O) groups excluding carboxylic acids is 1. The number of rotatable bonds is 2. The smallest absolute Gasteiger partial charge is 0.256 e. The van der Waals surface area contributed by atoms with Crippen LogP contribution < -0.4 is 4.74 Å². The monoisotopic (exact) mass is 224 g/mol. The Morgan fingerprint density at radius 3 is 2.80 bits per heavy atom. The lowest BCUT2D eigenvalue weighted by Gasteiger charge is -1.98. The fraction of sp³-hybridized carbons (Fsp3) is 0.182. The van der Waals surface area contributed by atoms with Crippen LogP contribution in [0.3, 0.4) is 0 Å². The average Bonchev–Trinajstić information content (AvgIpc) is 2.52. The summed E-state index contributed by atoms with van der Waals surface area (Å²) in [5.74, 6) is 1.20. The van der Waals surface area contributed by atoms with Gasteiger partial charge in [0.25, 0.3) is 5.24 Å². The quantitative estimate of drug-likeness (QED) is 0.736. The van der Waals surface area contributed by atoms with Gasteiger partial charge in [0.1, 0.15) is 17.1 Å². The van der Waals surface area contributed by atoms with Crippen LogP contribution in [-0.4, -0.2) is 12.4 Å². The molecule has 78 valence electrons. The molecule has 1 heterocycles. The third-order valence-corrected chi connectivity index (χ3v) is 2.46. The lowest BCUT2D eigenvalue weighted by atomic mass is 10.1. The predicted octanol–water partition coefficient (Wildman–Crippen LogP) is 3.13. The Hall–Kier alpha value is -1.48. The van der Waals surface area contributed by atoms with Gasteiger partial charge in [-0.25, -0.2) is 0 Å². The molecule has 0 N–H and O–H groups in total. The summed E-state index contributed by atoms with van der Waals surface area (Å²) in [6, 6.07) is 5.26. The summed E-state index contributed by atoms with van der Waals surface area (Å²) in [4.78, 5) is 11.2. The summed E-state index contributed by atoms with van der Waals surface area (Å²) < 4.78 is 10.5. The van der Waals surface area contributed by atoms with Crippen molar-refractivity contribution >= 4 is 27.8 Å². The third-order valence-electron chi connectivity index (χ3n) is 2.27. The minimum atomic E-state index is -0.514. The van der Waals surface area contributed by atoms with Crippen LogP contribution in [0.25, 0.3) is 11.0 Å². The highest BCUT2D eigenvalue weighted by Crippen LogP contribution is 2.29. The Balaban J connectivity index is 2.77. The minimum Gasteiger partial charge on any atom is -0.497 e. The van der Waals surface area contributed by atoms with Crippen molar-refractivity contribution < 1.29 is 13.9 Å². The molecule has 0 radical (unpaired) electrons. The predicted molar refractivity (Wildman–Crippen MR) is 57.7 cm³/mol. The lowest BCUT2D eigenvalue weighted by molar-refractivity contribution is 0.108. The second-order valence-electron chi connectivity index (χ2n) is 3.17. The Morgan fingerprint density at radius 1 is 1.47 bits per heavy atom. The SMILES string of the molecule is COc1ccc2oc(C)c(C(=O)Cl)c2c1. The Bertz CT molecular complexity index is 528. The summed E-state index contributed by atoms with van der Waals surface area (Å²) in [5, 5.41) is 0.173. The molecule has 1 aromatic carbocycles. The van der Waals surface area contributed by atoms with E-state index in [1.165, 1.54) is 0 Å². The maximum atomic E-state index is 11.2. The molecule has 0 aliphatic carbocycles. The fourth-order valence-electron chi connectivity index (χ4n) is 1.57. The number of fused-ring (bicyclic) bond motifs is 1. The molecule has 0 aliphatic heterocycles. The molecule has 1 aromatic heterocycles. The molecule has 2 rings (SSSR count). The molecule has 0 spiro atoms. The van der Waals surface area contributed by atoms with Crippen LogP contribution in [-0.2, 0) is 0 Å². The van der Waals surface area contributed by atoms with Crippen LogP contribution in [0.5, 0.6) is 5.75 Å². The molecular weight excluding hydrogens is 216 g/mol. The van der Waals surface area contributed by atoms with Gasteiger partial charge >= 0.3 is 0 Å². The zero-order valence-electron chi connectivity index (χ0n) is 8.33. The number of aryl methyl sites for hydroxylation is 1. The minimum absolute atomic E-state index is 0.408. The van der Waals surface area contributed by atoms with Crippen molar-refractivity contribution in [3.63, 3.8) is 0 Å². The van der Waals surface area contributed by atoms with Gasteiger partial charge in [0.2, 0.25) is 0 Å². The van der Waals surface area contributed by atoms with Gasteiger partial charge in [-0.3, -0.25) is 4.79 Å². The Labute approximate surface area is 91.6 Å². The molecule has 0 bridgehead atoms. The van der Waals surface area contributed by atoms with Crippen LogP contribution in [0.1, 0.15) is 16.1 Å². The first-order chi connectivity index (χ1) is 7.13. The van der Waals surface area contributed by atoms with Gasteiger partial charge in [-0.1, -0.05) is 0 Å². The molecule has 15 heavy (non-hydrogen) atoms. The number of benzene rings is 1. The second kappa shape index (κ2) is 3.59. The lowest BCUT2D eigenvalue weighted by Crippen LogP contribution is -1.89. The van der Waals surface area contributed by atoms with Crippen molar-refractivity contribution in [1.82, 2.24) is 0 Å². The van der Waals surface area contributed by atoms with E-state index < -0.39 is 5.24 Å². The van der Waals surface area contributed by atoms with Crippen molar-refractivity contribution in [2.24, 2.45) is 0 Å². The first-order valence-corrected chi connectivity index (χ1v) is 4.78. The van der Waals surface area contributed by atoms with Gasteiger partial charge in [-0.2, -0.15) is 0 Å². The fourth-order valence-corrected chi connectivity index (χ4v) is 1.81. The van der Waals surface area contributed by atoms with Crippen molar-refractivity contribution in [1.29, 1.82) is 0 Å². The summed E-state index contributed by atoms with van der Waals surface area (Å²) in [5.41, 5.74) is 1.04. The largest absolute Gasteiger partial charge is 0.497 e. The molecule has 0 amide bonds. The van der Waals surface area contributed by atoms with Crippen molar-refractivity contribution in [2.45, 2.75) is 6.92 Å².